The molecule has 0 radical (unpaired) electrons. The summed E-state index contributed by atoms with van der Waals surface area (Å²) in [5.74, 6) is -3.09. The van der Waals surface area contributed by atoms with Gasteiger partial charge < -0.3 is 4.74 Å². The van der Waals surface area contributed by atoms with Crippen molar-refractivity contribution in [2.45, 2.75) is 38.2 Å². The summed E-state index contributed by atoms with van der Waals surface area (Å²) in [5.41, 5.74) is 1.15. The first-order valence-corrected chi connectivity index (χ1v) is 10.9. The molecule has 29 heavy (non-hydrogen) atoms. The van der Waals surface area contributed by atoms with Crippen LogP contribution in [-0.4, -0.2) is 42.5 Å². The summed E-state index contributed by atoms with van der Waals surface area (Å²) in [5, 5.41) is 12.9. The number of rotatable bonds is 7. The fourth-order valence-electron chi connectivity index (χ4n) is 3.29. The standard InChI is InChI=1S/C19H22F2N4O3S/c1-2-29(26,27)24-18-7-8-19(20,21)9-15(18)13-28-17-5-3-16(4-6-17)25-12-14(10-22)11-23-25/h3-6,11-12,15,18,24H,2,7-9,13H2,1H3/t15-,18-/m0/s1. The van der Waals surface area contributed by atoms with Gasteiger partial charge in [-0.15, -0.1) is 0 Å². The van der Waals surface area contributed by atoms with E-state index in [1.165, 1.54) is 13.1 Å². The molecule has 10 heteroatoms. The highest BCUT2D eigenvalue weighted by Gasteiger charge is 2.42. The first kappa shape index (κ1) is 21.2. The molecule has 2 atom stereocenters. The first-order valence-electron chi connectivity index (χ1n) is 9.27. The summed E-state index contributed by atoms with van der Waals surface area (Å²) in [4.78, 5) is 0. The first-order chi connectivity index (χ1) is 13.7. The molecule has 1 aliphatic rings. The Balaban J connectivity index is 1.66. The number of nitrogens with zero attached hydrogens (tertiary/aromatic N) is 3. The van der Waals surface area contributed by atoms with Gasteiger partial charge in [-0.3, -0.25) is 0 Å². The number of benzene rings is 1. The molecule has 7 nitrogen and oxygen atoms in total. The molecule has 0 saturated heterocycles. The van der Waals surface area contributed by atoms with Gasteiger partial charge in [-0.2, -0.15) is 10.4 Å². The Morgan fingerprint density at radius 1 is 1.38 bits per heavy atom. The summed E-state index contributed by atoms with van der Waals surface area (Å²) in [6.07, 6.45) is 2.34. The zero-order valence-corrected chi connectivity index (χ0v) is 16.7. The third-order valence-electron chi connectivity index (χ3n) is 4.94. The van der Waals surface area contributed by atoms with Gasteiger partial charge in [0.25, 0.3) is 0 Å². The minimum absolute atomic E-state index is 0.0216. The number of nitrogens with one attached hydrogen (secondary N) is 1. The molecule has 1 aromatic carbocycles. The van der Waals surface area contributed by atoms with Crippen molar-refractivity contribution in [3.05, 3.63) is 42.2 Å². The van der Waals surface area contributed by atoms with Crippen molar-refractivity contribution in [1.82, 2.24) is 14.5 Å². The number of aromatic nitrogens is 2. The Morgan fingerprint density at radius 2 is 2.10 bits per heavy atom. The molecule has 1 aliphatic carbocycles. The predicted molar refractivity (Wildman–Crippen MR) is 102 cm³/mol. The van der Waals surface area contributed by atoms with Crippen LogP contribution in [0.2, 0.25) is 0 Å². The van der Waals surface area contributed by atoms with E-state index in [0.29, 0.717) is 11.3 Å². The Hall–Kier alpha value is -2.51. The van der Waals surface area contributed by atoms with E-state index < -0.39 is 34.3 Å². The maximum absolute atomic E-state index is 13.9. The van der Waals surface area contributed by atoms with Gasteiger partial charge in [0.1, 0.15) is 11.8 Å². The molecule has 1 heterocycles. The van der Waals surface area contributed by atoms with Crippen LogP contribution in [0.25, 0.3) is 5.69 Å². The normalized spacial score (nSPS) is 21.4. The Bertz CT molecular complexity index is 984. The maximum Gasteiger partial charge on any atom is 0.248 e. The topological polar surface area (TPSA) is 97.0 Å². The lowest BCUT2D eigenvalue weighted by Gasteiger charge is -2.36. The smallest absolute Gasteiger partial charge is 0.248 e. The summed E-state index contributed by atoms with van der Waals surface area (Å²) < 4.78 is 61.3. The highest BCUT2D eigenvalue weighted by molar-refractivity contribution is 7.89. The minimum atomic E-state index is -3.49. The summed E-state index contributed by atoms with van der Waals surface area (Å²) in [7, 11) is -3.49. The van der Waals surface area contributed by atoms with Crippen molar-refractivity contribution in [3.63, 3.8) is 0 Å². The molecule has 1 fully saturated rings. The molecule has 1 N–H and O–H groups in total. The Kier molecular flexibility index (Phi) is 6.19. The van der Waals surface area contributed by atoms with E-state index in [4.69, 9.17) is 10.00 Å². The predicted octanol–water partition coefficient (Wildman–Crippen LogP) is 2.87. The number of hydrogen-bond acceptors (Lipinski definition) is 5. The molecule has 0 spiro atoms. The van der Waals surface area contributed by atoms with Crippen LogP contribution < -0.4 is 9.46 Å². The van der Waals surface area contributed by atoms with Gasteiger partial charge in [0.2, 0.25) is 15.9 Å². The van der Waals surface area contributed by atoms with Crippen molar-refractivity contribution >= 4 is 10.0 Å². The van der Waals surface area contributed by atoms with Crippen molar-refractivity contribution in [3.8, 4) is 17.5 Å². The van der Waals surface area contributed by atoms with Gasteiger partial charge in [0.05, 0.1) is 29.8 Å². The van der Waals surface area contributed by atoms with E-state index in [1.54, 1.807) is 35.1 Å². The SMILES string of the molecule is CCS(=O)(=O)N[C@H]1CCC(F)(F)C[C@H]1COc1ccc(-n2cc(C#N)cn2)cc1. The van der Waals surface area contributed by atoms with E-state index in [-0.39, 0.29) is 25.2 Å². The van der Waals surface area contributed by atoms with E-state index in [0.717, 1.165) is 5.69 Å². The van der Waals surface area contributed by atoms with E-state index >= 15 is 0 Å². The highest BCUT2D eigenvalue weighted by Crippen LogP contribution is 2.37. The quantitative estimate of drug-likeness (QED) is 0.737. The molecule has 156 valence electrons. The zero-order chi connectivity index (χ0) is 21.1. The fourth-order valence-corrected chi connectivity index (χ4v) is 4.23. The van der Waals surface area contributed by atoms with Crippen LogP contribution in [0.3, 0.4) is 0 Å². The number of hydrogen-bond donors (Lipinski definition) is 1. The third kappa shape index (κ3) is 5.52. The Morgan fingerprint density at radius 3 is 2.72 bits per heavy atom. The van der Waals surface area contributed by atoms with Gasteiger partial charge in [-0.25, -0.2) is 26.6 Å². The average molecular weight is 424 g/mol. The lowest BCUT2D eigenvalue weighted by Crippen LogP contribution is -2.48. The summed E-state index contributed by atoms with van der Waals surface area (Å²) >= 11 is 0. The second-order valence-corrected chi connectivity index (χ2v) is 9.12. The van der Waals surface area contributed by atoms with Crippen molar-refractivity contribution in [2.24, 2.45) is 5.92 Å². The van der Waals surface area contributed by atoms with Crippen LogP contribution in [0.4, 0.5) is 8.78 Å². The number of nitriles is 1. The van der Waals surface area contributed by atoms with Crippen LogP contribution in [0.1, 0.15) is 31.7 Å². The maximum atomic E-state index is 13.9. The monoisotopic (exact) mass is 424 g/mol. The van der Waals surface area contributed by atoms with Crippen LogP contribution in [0, 0.1) is 17.2 Å². The van der Waals surface area contributed by atoms with Gasteiger partial charge >= 0.3 is 0 Å². The van der Waals surface area contributed by atoms with Crippen molar-refractivity contribution in [2.75, 3.05) is 12.4 Å². The Labute approximate surface area is 168 Å². The minimum Gasteiger partial charge on any atom is -0.493 e. The van der Waals surface area contributed by atoms with E-state index in [2.05, 4.69) is 9.82 Å². The molecule has 1 aromatic heterocycles. The summed E-state index contributed by atoms with van der Waals surface area (Å²) in [6, 6.07) is 8.24. The highest BCUT2D eigenvalue weighted by atomic mass is 32.2. The lowest BCUT2D eigenvalue weighted by molar-refractivity contribution is -0.0660. The van der Waals surface area contributed by atoms with Gasteiger partial charge in [-0.1, -0.05) is 0 Å². The molecule has 0 unspecified atom stereocenters. The van der Waals surface area contributed by atoms with E-state index in [1.807, 2.05) is 6.07 Å². The van der Waals surface area contributed by atoms with Crippen molar-refractivity contribution in [1.29, 1.82) is 5.26 Å². The van der Waals surface area contributed by atoms with Crippen molar-refractivity contribution < 1.29 is 21.9 Å². The van der Waals surface area contributed by atoms with Crippen LogP contribution in [-0.2, 0) is 10.0 Å². The molecule has 1 saturated carbocycles. The van der Waals surface area contributed by atoms with Gasteiger partial charge in [0, 0.05) is 31.0 Å². The van der Waals surface area contributed by atoms with Gasteiger partial charge in [-0.05, 0) is 37.6 Å². The zero-order valence-electron chi connectivity index (χ0n) is 15.9. The number of sulfonamides is 1. The fraction of sp³-hybridized carbons (Fsp3) is 0.474. The molecular weight excluding hydrogens is 402 g/mol. The molecular formula is C19H22F2N4O3S. The average Bonchev–Trinajstić information content (AvgIpc) is 3.17. The van der Waals surface area contributed by atoms with Crippen LogP contribution in [0.5, 0.6) is 5.75 Å². The van der Waals surface area contributed by atoms with Gasteiger partial charge in [0.15, 0.2) is 0 Å². The van der Waals surface area contributed by atoms with Crippen LogP contribution >= 0.6 is 0 Å². The molecule has 0 aliphatic heterocycles. The molecule has 0 bridgehead atoms. The second kappa shape index (κ2) is 8.47. The number of ether oxygens (including phenoxy) is 1. The lowest BCUT2D eigenvalue weighted by atomic mass is 9.83. The van der Waals surface area contributed by atoms with Crippen LogP contribution in [0.15, 0.2) is 36.7 Å². The number of halogens is 2. The number of alkyl halides is 2. The molecule has 3 rings (SSSR count). The molecule has 2 aromatic rings. The largest absolute Gasteiger partial charge is 0.493 e. The molecule has 0 amide bonds. The van der Waals surface area contributed by atoms with E-state index in [9.17, 15) is 17.2 Å². The summed E-state index contributed by atoms with van der Waals surface area (Å²) in [6.45, 7) is 1.48. The third-order valence-corrected chi connectivity index (χ3v) is 6.36. The second-order valence-electron chi connectivity index (χ2n) is 7.08.